The molecule has 3 aromatic rings. The summed E-state index contributed by atoms with van der Waals surface area (Å²) in [5, 5.41) is 5.17. The van der Waals surface area contributed by atoms with Gasteiger partial charge in [-0.25, -0.2) is 4.79 Å². The highest BCUT2D eigenvalue weighted by Gasteiger charge is 2.30. The second-order valence-electron chi connectivity index (χ2n) is 10.5. The number of nitrogens with one attached hydrogen (secondary N) is 2. The van der Waals surface area contributed by atoms with E-state index in [1.807, 2.05) is 65.9 Å². The number of aromatic nitrogens is 2. The molecule has 0 spiro atoms. The van der Waals surface area contributed by atoms with E-state index in [4.69, 9.17) is 9.47 Å². The molecule has 2 aromatic heterocycles. The number of carbonyl (C=O) groups excluding carboxylic acids is 3. The van der Waals surface area contributed by atoms with Gasteiger partial charge in [0, 0.05) is 54.3 Å². The van der Waals surface area contributed by atoms with E-state index in [1.54, 1.807) is 9.58 Å². The fourth-order valence-electron chi connectivity index (χ4n) is 4.40. The predicted molar refractivity (Wildman–Crippen MR) is 145 cm³/mol. The van der Waals surface area contributed by atoms with Gasteiger partial charge in [0.1, 0.15) is 16.6 Å². The lowest BCUT2D eigenvalue weighted by Gasteiger charge is -2.33. The maximum atomic E-state index is 13.2. The van der Waals surface area contributed by atoms with Crippen LogP contribution < -0.4 is 15.6 Å². The molecule has 10 nitrogen and oxygen atoms in total. The Balaban J connectivity index is 1.42. The quantitative estimate of drug-likeness (QED) is 0.472. The highest BCUT2D eigenvalue weighted by molar-refractivity contribution is 7.21. The van der Waals surface area contributed by atoms with Gasteiger partial charge in [0.25, 0.3) is 5.91 Å². The summed E-state index contributed by atoms with van der Waals surface area (Å²) in [6.45, 7) is 10.3. The number of piperidine rings is 1. The molecule has 1 saturated heterocycles. The fraction of sp³-hybridized carbons (Fsp3) is 0.481. The van der Waals surface area contributed by atoms with Crippen LogP contribution >= 0.6 is 11.3 Å². The molecule has 4 rings (SSSR count). The number of aryl methyl sites for hydroxylation is 2. The minimum Gasteiger partial charge on any atom is -0.488 e. The molecule has 0 saturated carbocycles. The average molecular weight is 542 g/mol. The Bertz CT molecular complexity index is 1350. The zero-order valence-corrected chi connectivity index (χ0v) is 23.5. The van der Waals surface area contributed by atoms with Crippen molar-refractivity contribution in [3.8, 4) is 5.75 Å². The van der Waals surface area contributed by atoms with Crippen molar-refractivity contribution in [3.63, 3.8) is 0 Å². The number of amides is 3. The smallest absolute Gasteiger partial charge is 0.410 e. The number of benzene rings is 1. The minimum absolute atomic E-state index is 0.109. The van der Waals surface area contributed by atoms with Crippen LogP contribution in [0, 0.1) is 13.8 Å². The van der Waals surface area contributed by atoms with Crippen molar-refractivity contribution in [3.05, 3.63) is 46.1 Å². The van der Waals surface area contributed by atoms with Crippen LogP contribution in [0.4, 0.5) is 4.79 Å². The predicted octanol–water partition coefficient (Wildman–Crippen LogP) is 4.03. The lowest BCUT2D eigenvalue weighted by molar-refractivity contribution is -0.121. The van der Waals surface area contributed by atoms with Gasteiger partial charge in [-0.3, -0.25) is 25.1 Å². The molecule has 0 radical (unpaired) electrons. The Morgan fingerprint density at radius 2 is 1.79 bits per heavy atom. The monoisotopic (exact) mass is 541 g/mol. The lowest BCUT2D eigenvalue weighted by atomic mass is 10.1. The number of hydrazine groups is 1. The zero-order valence-electron chi connectivity index (χ0n) is 22.7. The second-order valence-corrected chi connectivity index (χ2v) is 11.5. The van der Waals surface area contributed by atoms with Crippen molar-refractivity contribution in [1.29, 1.82) is 0 Å². The van der Waals surface area contributed by atoms with Gasteiger partial charge in [0.2, 0.25) is 5.91 Å². The summed E-state index contributed by atoms with van der Waals surface area (Å²) in [6.07, 6.45) is 0.849. The van der Waals surface area contributed by atoms with Crippen molar-refractivity contribution < 1.29 is 23.9 Å². The van der Waals surface area contributed by atoms with E-state index in [2.05, 4.69) is 16.0 Å². The Morgan fingerprint density at radius 1 is 1.11 bits per heavy atom. The molecule has 38 heavy (non-hydrogen) atoms. The van der Waals surface area contributed by atoms with Crippen LogP contribution in [0.1, 0.15) is 60.2 Å². The molecule has 1 fully saturated rings. The normalized spacial score (nSPS) is 14.4. The van der Waals surface area contributed by atoms with Crippen molar-refractivity contribution >= 4 is 39.3 Å². The van der Waals surface area contributed by atoms with Crippen molar-refractivity contribution in [2.45, 2.75) is 65.6 Å². The van der Waals surface area contributed by atoms with Gasteiger partial charge in [-0.1, -0.05) is 12.1 Å². The van der Waals surface area contributed by atoms with Crippen LogP contribution in [-0.4, -0.2) is 57.4 Å². The van der Waals surface area contributed by atoms with Crippen LogP contribution in [0.3, 0.4) is 0 Å². The number of carbonyl (C=O) groups is 3. The molecule has 0 unspecified atom stereocenters. The molecule has 0 atom stereocenters. The Kier molecular flexibility index (Phi) is 7.96. The van der Waals surface area contributed by atoms with Gasteiger partial charge in [0.15, 0.2) is 5.75 Å². The van der Waals surface area contributed by atoms with E-state index >= 15 is 0 Å². The maximum Gasteiger partial charge on any atom is 0.410 e. The van der Waals surface area contributed by atoms with Crippen LogP contribution in [0.5, 0.6) is 5.75 Å². The molecule has 204 valence electrons. The Labute approximate surface area is 226 Å². The first-order valence-corrected chi connectivity index (χ1v) is 13.5. The number of hydrogen-bond acceptors (Lipinski definition) is 7. The minimum atomic E-state index is -0.548. The highest BCUT2D eigenvalue weighted by Crippen LogP contribution is 2.39. The molecular weight excluding hydrogens is 506 g/mol. The molecule has 1 aliphatic rings. The third-order valence-electron chi connectivity index (χ3n) is 6.45. The summed E-state index contributed by atoms with van der Waals surface area (Å²) in [5.74, 6) is -0.289. The van der Waals surface area contributed by atoms with Crippen molar-refractivity contribution in [1.82, 2.24) is 25.5 Å². The summed E-state index contributed by atoms with van der Waals surface area (Å²) in [7, 11) is 1.83. The van der Waals surface area contributed by atoms with Gasteiger partial charge < -0.3 is 14.4 Å². The van der Waals surface area contributed by atoms with Gasteiger partial charge >= 0.3 is 6.09 Å². The number of likely N-dealkylation sites (tertiary alicyclic amines) is 1. The second kappa shape index (κ2) is 11.0. The topological polar surface area (TPSA) is 115 Å². The van der Waals surface area contributed by atoms with Crippen LogP contribution in [-0.2, 0) is 23.0 Å². The number of rotatable bonds is 5. The van der Waals surface area contributed by atoms with Gasteiger partial charge in [-0.2, -0.15) is 5.10 Å². The first-order chi connectivity index (χ1) is 17.9. The SMILES string of the molecule is Cc1nn(C)c(C)c1CC(=O)NNC(=O)c1sc2ccccc2c1OC1CCN(C(=O)OC(C)(C)C)CC1. The van der Waals surface area contributed by atoms with Crippen LogP contribution in [0.2, 0.25) is 0 Å². The van der Waals surface area contributed by atoms with Crippen molar-refractivity contribution in [2.75, 3.05) is 13.1 Å². The van der Waals surface area contributed by atoms with E-state index in [-0.39, 0.29) is 24.5 Å². The Morgan fingerprint density at radius 3 is 2.42 bits per heavy atom. The molecule has 11 heteroatoms. The third-order valence-corrected chi connectivity index (χ3v) is 7.60. The summed E-state index contributed by atoms with van der Waals surface area (Å²) in [4.78, 5) is 40.2. The number of hydrogen-bond donors (Lipinski definition) is 2. The maximum absolute atomic E-state index is 13.2. The van der Waals surface area contributed by atoms with E-state index in [1.165, 1.54) is 11.3 Å². The third kappa shape index (κ3) is 6.27. The van der Waals surface area contributed by atoms with E-state index < -0.39 is 11.5 Å². The zero-order chi connectivity index (χ0) is 27.6. The van der Waals surface area contributed by atoms with Gasteiger partial charge in [-0.05, 0) is 46.8 Å². The van der Waals surface area contributed by atoms with Gasteiger partial charge in [0.05, 0.1) is 12.1 Å². The Hall–Kier alpha value is -3.60. The number of fused-ring (bicyclic) bond motifs is 1. The van der Waals surface area contributed by atoms with Crippen LogP contribution in [0.15, 0.2) is 24.3 Å². The first kappa shape index (κ1) is 27.4. The standard InChI is InChI=1S/C27H35N5O5S/c1-16-20(17(2)31(6)30-16)15-22(33)28-29-25(34)24-23(19-9-7-8-10-21(19)38-24)36-18-11-13-32(14-12-18)26(35)37-27(3,4)5/h7-10,18H,11-15H2,1-6H3,(H,28,33)(H,29,34). The molecule has 1 aliphatic heterocycles. The van der Waals surface area contributed by atoms with E-state index in [0.29, 0.717) is 36.6 Å². The molecule has 3 heterocycles. The largest absolute Gasteiger partial charge is 0.488 e. The van der Waals surface area contributed by atoms with E-state index in [0.717, 1.165) is 27.0 Å². The number of thiophene rings is 1. The summed E-state index contributed by atoms with van der Waals surface area (Å²) >= 11 is 1.31. The van der Waals surface area contributed by atoms with Crippen molar-refractivity contribution in [2.24, 2.45) is 7.05 Å². The molecule has 0 bridgehead atoms. The number of ether oxygens (including phenoxy) is 2. The first-order valence-electron chi connectivity index (χ1n) is 12.7. The van der Waals surface area contributed by atoms with E-state index in [9.17, 15) is 14.4 Å². The molecular formula is C27H35N5O5S. The van der Waals surface area contributed by atoms with Gasteiger partial charge in [-0.15, -0.1) is 11.3 Å². The summed E-state index contributed by atoms with van der Waals surface area (Å²) < 4.78 is 14.5. The highest BCUT2D eigenvalue weighted by atomic mass is 32.1. The summed E-state index contributed by atoms with van der Waals surface area (Å²) in [6, 6.07) is 7.65. The fourth-order valence-corrected chi connectivity index (χ4v) is 5.43. The van der Waals surface area contributed by atoms with Crippen LogP contribution in [0.25, 0.3) is 10.1 Å². The molecule has 0 aliphatic carbocycles. The molecule has 1 aromatic carbocycles. The number of nitrogens with zero attached hydrogens (tertiary/aromatic N) is 3. The average Bonchev–Trinajstić information content (AvgIpc) is 3.34. The summed E-state index contributed by atoms with van der Waals surface area (Å²) in [5.41, 5.74) is 7.04. The molecule has 2 N–H and O–H groups in total. The lowest BCUT2D eigenvalue weighted by Crippen LogP contribution is -2.44. The molecule has 3 amide bonds.